The molecule has 0 aliphatic heterocycles. The highest BCUT2D eigenvalue weighted by Crippen LogP contribution is 2.31. The quantitative estimate of drug-likeness (QED) is 0.886. The number of hydrogen-bond acceptors (Lipinski definition) is 4. The minimum absolute atomic E-state index is 0.119. The number of hydrogen-bond donors (Lipinski definition) is 1. The van der Waals surface area contributed by atoms with Gasteiger partial charge in [-0.3, -0.25) is 0 Å². The summed E-state index contributed by atoms with van der Waals surface area (Å²) in [5.74, 6) is 1.45. The second kappa shape index (κ2) is 5.70. The summed E-state index contributed by atoms with van der Waals surface area (Å²) in [5.41, 5.74) is 5.74. The molecule has 1 aromatic heterocycles. The van der Waals surface area contributed by atoms with Gasteiger partial charge in [0.05, 0.1) is 7.11 Å². The summed E-state index contributed by atoms with van der Waals surface area (Å²) in [7, 11) is 1.63. The van der Waals surface area contributed by atoms with Crippen LogP contribution in [0.2, 0.25) is 0 Å². The molecule has 0 saturated heterocycles. The van der Waals surface area contributed by atoms with E-state index in [1.165, 1.54) is 0 Å². The van der Waals surface area contributed by atoms with Crippen LogP contribution in [0.5, 0.6) is 11.5 Å². The minimum atomic E-state index is -0.119. The largest absolute Gasteiger partial charge is 0.493 e. The van der Waals surface area contributed by atoms with E-state index in [2.05, 4.69) is 0 Å². The normalized spacial score (nSPS) is 12.1. The molecule has 17 heavy (non-hydrogen) atoms. The molecule has 0 amide bonds. The third kappa shape index (κ3) is 2.78. The van der Waals surface area contributed by atoms with Crippen LogP contribution < -0.4 is 15.2 Å². The van der Waals surface area contributed by atoms with Crippen LogP contribution in [0.25, 0.3) is 0 Å². The van der Waals surface area contributed by atoms with Crippen molar-refractivity contribution in [2.45, 2.75) is 6.10 Å². The Hall–Kier alpha value is -1.52. The summed E-state index contributed by atoms with van der Waals surface area (Å²) < 4.78 is 11.1. The molecule has 0 spiro atoms. The van der Waals surface area contributed by atoms with Gasteiger partial charge in [0.15, 0.2) is 11.5 Å². The van der Waals surface area contributed by atoms with Crippen molar-refractivity contribution in [2.24, 2.45) is 5.73 Å². The highest BCUT2D eigenvalue weighted by molar-refractivity contribution is 7.10. The van der Waals surface area contributed by atoms with Gasteiger partial charge in [-0.05, 0) is 23.6 Å². The van der Waals surface area contributed by atoms with E-state index >= 15 is 0 Å². The average Bonchev–Trinajstić information content (AvgIpc) is 2.90. The Bertz CT molecular complexity index is 456. The van der Waals surface area contributed by atoms with Gasteiger partial charge in [0.2, 0.25) is 0 Å². The molecule has 1 atom stereocenters. The molecule has 0 aliphatic carbocycles. The lowest BCUT2D eigenvalue weighted by Gasteiger charge is -2.17. The lowest BCUT2D eigenvalue weighted by molar-refractivity contribution is 0.208. The van der Waals surface area contributed by atoms with Gasteiger partial charge in [0.1, 0.15) is 6.10 Å². The van der Waals surface area contributed by atoms with Gasteiger partial charge in [0, 0.05) is 11.4 Å². The fraction of sp³-hybridized carbons (Fsp3) is 0.231. The monoisotopic (exact) mass is 249 g/mol. The Morgan fingerprint density at radius 2 is 1.94 bits per heavy atom. The van der Waals surface area contributed by atoms with Crippen molar-refractivity contribution in [1.82, 2.24) is 0 Å². The van der Waals surface area contributed by atoms with Gasteiger partial charge in [0.25, 0.3) is 0 Å². The number of benzene rings is 1. The summed E-state index contributed by atoms with van der Waals surface area (Å²) in [5, 5.41) is 2.02. The first-order valence-electron chi connectivity index (χ1n) is 5.38. The predicted octanol–water partition coefficient (Wildman–Crippen LogP) is 2.84. The number of ether oxygens (including phenoxy) is 2. The van der Waals surface area contributed by atoms with E-state index in [-0.39, 0.29) is 6.10 Å². The fourth-order valence-corrected chi connectivity index (χ4v) is 2.33. The van der Waals surface area contributed by atoms with Crippen molar-refractivity contribution in [1.29, 1.82) is 0 Å². The number of methoxy groups -OCH3 is 1. The van der Waals surface area contributed by atoms with Crippen LogP contribution >= 0.6 is 11.3 Å². The molecule has 2 rings (SSSR count). The maximum atomic E-state index is 5.89. The number of para-hydroxylation sites is 2. The highest BCUT2D eigenvalue weighted by Gasteiger charge is 2.14. The minimum Gasteiger partial charge on any atom is -0.493 e. The second-order valence-corrected chi connectivity index (χ2v) is 4.49. The van der Waals surface area contributed by atoms with E-state index in [1.54, 1.807) is 18.4 Å². The van der Waals surface area contributed by atoms with E-state index in [0.717, 1.165) is 16.4 Å². The lowest BCUT2D eigenvalue weighted by Crippen LogP contribution is -2.17. The van der Waals surface area contributed by atoms with Crippen LogP contribution in [0.4, 0.5) is 0 Å². The fourth-order valence-electron chi connectivity index (χ4n) is 1.57. The van der Waals surface area contributed by atoms with Crippen LogP contribution in [0, 0.1) is 0 Å². The van der Waals surface area contributed by atoms with Crippen LogP contribution in [0.15, 0.2) is 41.8 Å². The molecular formula is C13H15NO2S. The van der Waals surface area contributed by atoms with E-state index in [0.29, 0.717) is 6.54 Å². The SMILES string of the molecule is COc1ccccc1OC(CN)c1cccs1. The van der Waals surface area contributed by atoms with Crippen LogP contribution in [0.3, 0.4) is 0 Å². The molecule has 3 nitrogen and oxygen atoms in total. The lowest BCUT2D eigenvalue weighted by atomic mass is 10.2. The van der Waals surface area contributed by atoms with E-state index in [1.807, 2.05) is 41.8 Å². The zero-order chi connectivity index (χ0) is 12.1. The summed E-state index contributed by atoms with van der Waals surface area (Å²) >= 11 is 1.64. The second-order valence-electron chi connectivity index (χ2n) is 3.51. The third-order valence-corrected chi connectivity index (χ3v) is 3.38. The summed E-state index contributed by atoms with van der Waals surface area (Å²) in [6.07, 6.45) is -0.119. The number of rotatable bonds is 5. The molecule has 1 aromatic carbocycles. The first-order valence-corrected chi connectivity index (χ1v) is 6.26. The van der Waals surface area contributed by atoms with Crippen molar-refractivity contribution in [3.8, 4) is 11.5 Å². The van der Waals surface area contributed by atoms with E-state index in [4.69, 9.17) is 15.2 Å². The predicted molar refractivity (Wildman–Crippen MR) is 69.7 cm³/mol. The van der Waals surface area contributed by atoms with Crippen molar-refractivity contribution in [3.63, 3.8) is 0 Å². The molecule has 0 aliphatic rings. The van der Waals surface area contributed by atoms with Crippen LogP contribution in [0.1, 0.15) is 11.0 Å². The maximum Gasteiger partial charge on any atom is 0.162 e. The molecule has 0 saturated carbocycles. The van der Waals surface area contributed by atoms with Gasteiger partial charge < -0.3 is 15.2 Å². The Kier molecular flexibility index (Phi) is 4.01. The summed E-state index contributed by atoms with van der Waals surface area (Å²) in [6.45, 7) is 0.443. The van der Waals surface area contributed by atoms with E-state index in [9.17, 15) is 0 Å². The first-order chi connectivity index (χ1) is 8.35. The first kappa shape index (κ1) is 12.0. The molecule has 1 unspecified atom stereocenters. The van der Waals surface area contributed by atoms with Gasteiger partial charge in [-0.1, -0.05) is 18.2 Å². The van der Waals surface area contributed by atoms with E-state index < -0.39 is 0 Å². The van der Waals surface area contributed by atoms with Crippen LogP contribution in [-0.2, 0) is 0 Å². The zero-order valence-electron chi connectivity index (χ0n) is 9.63. The Morgan fingerprint density at radius 1 is 1.18 bits per heavy atom. The molecule has 2 N–H and O–H groups in total. The molecule has 0 radical (unpaired) electrons. The molecule has 4 heteroatoms. The van der Waals surface area contributed by atoms with Gasteiger partial charge in [-0.15, -0.1) is 11.3 Å². The van der Waals surface area contributed by atoms with Crippen molar-refractivity contribution >= 4 is 11.3 Å². The summed E-state index contributed by atoms with van der Waals surface area (Å²) in [4.78, 5) is 1.12. The Labute approximate surface area is 105 Å². The molecule has 0 bridgehead atoms. The Balaban J connectivity index is 2.18. The molecule has 0 fully saturated rings. The van der Waals surface area contributed by atoms with Gasteiger partial charge in [-0.2, -0.15) is 0 Å². The Morgan fingerprint density at radius 3 is 2.53 bits per heavy atom. The number of nitrogens with two attached hydrogens (primary N) is 1. The highest BCUT2D eigenvalue weighted by atomic mass is 32.1. The maximum absolute atomic E-state index is 5.89. The topological polar surface area (TPSA) is 44.5 Å². The zero-order valence-corrected chi connectivity index (χ0v) is 10.4. The molecular weight excluding hydrogens is 234 g/mol. The van der Waals surface area contributed by atoms with Gasteiger partial charge in [-0.25, -0.2) is 0 Å². The van der Waals surface area contributed by atoms with Crippen molar-refractivity contribution in [2.75, 3.05) is 13.7 Å². The van der Waals surface area contributed by atoms with Gasteiger partial charge >= 0.3 is 0 Å². The molecule has 1 heterocycles. The van der Waals surface area contributed by atoms with Crippen LogP contribution in [-0.4, -0.2) is 13.7 Å². The van der Waals surface area contributed by atoms with Crippen molar-refractivity contribution in [3.05, 3.63) is 46.7 Å². The molecule has 2 aromatic rings. The summed E-state index contributed by atoms with van der Waals surface area (Å²) in [6, 6.07) is 11.6. The smallest absolute Gasteiger partial charge is 0.162 e. The standard InChI is InChI=1S/C13H15NO2S/c1-15-10-5-2-3-6-11(10)16-12(9-14)13-7-4-8-17-13/h2-8,12H,9,14H2,1H3. The van der Waals surface area contributed by atoms with Crippen molar-refractivity contribution < 1.29 is 9.47 Å². The average molecular weight is 249 g/mol. The third-order valence-electron chi connectivity index (χ3n) is 2.41. The number of thiophene rings is 1. The molecule has 90 valence electrons.